The van der Waals surface area contributed by atoms with Gasteiger partial charge in [0.1, 0.15) is 0 Å². The van der Waals surface area contributed by atoms with Gasteiger partial charge in [0.15, 0.2) is 11.6 Å². The van der Waals surface area contributed by atoms with Crippen molar-refractivity contribution < 1.29 is 39.6 Å². The molecule has 124 valence electrons. The van der Waals surface area contributed by atoms with Gasteiger partial charge in [0.25, 0.3) is 0 Å². The molecule has 0 aliphatic carbocycles. The number of aromatic nitrogens is 2. The molecule has 23 heavy (non-hydrogen) atoms. The van der Waals surface area contributed by atoms with Crippen molar-refractivity contribution in [2.24, 2.45) is 0 Å². The minimum Gasteiger partial charge on any atom is -0.494 e. The summed E-state index contributed by atoms with van der Waals surface area (Å²) in [6.45, 7) is -0.169. The average Bonchev–Trinajstić information content (AvgIpc) is 2.94. The summed E-state index contributed by atoms with van der Waals surface area (Å²) in [6, 6.07) is 3.23. The topological polar surface area (TPSA) is 166 Å². The first-order chi connectivity index (χ1) is 10.9. The minimum atomic E-state index is -1.03. The predicted molar refractivity (Wildman–Crippen MR) is 72.1 cm³/mol. The Hall–Kier alpha value is -3.50. The lowest BCUT2D eigenvalue weighted by Crippen LogP contribution is -2.33. The first kappa shape index (κ1) is 15.9. The summed E-state index contributed by atoms with van der Waals surface area (Å²) in [5.41, 5.74) is 0. The maximum Gasteiger partial charge on any atom is 0.432 e. The highest BCUT2D eigenvalue weighted by molar-refractivity contribution is 5.74. The van der Waals surface area contributed by atoms with Gasteiger partial charge in [-0.1, -0.05) is 0 Å². The van der Waals surface area contributed by atoms with Gasteiger partial charge in [-0.05, 0) is 0 Å². The van der Waals surface area contributed by atoms with E-state index in [0.717, 1.165) is 18.2 Å². The monoisotopic (exact) mass is 327 g/mol. The van der Waals surface area contributed by atoms with E-state index in [1.807, 2.05) is 0 Å². The number of hydrogen-bond acceptors (Lipinski definition) is 8. The van der Waals surface area contributed by atoms with Gasteiger partial charge in [-0.2, -0.15) is 0 Å². The number of amides is 1. The Kier molecular flexibility index (Phi) is 4.50. The molecule has 2 aromatic heterocycles. The Morgan fingerprint density at radius 2 is 1.83 bits per heavy atom. The fraction of sp³-hybridized carbons (Fsp3) is 0.167. The van der Waals surface area contributed by atoms with Crippen LogP contribution in [0.15, 0.2) is 18.2 Å². The second-order valence-corrected chi connectivity index (χ2v) is 4.24. The minimum absolute atomic E-state index is 0.169. The van der Waals surface area contributed by atoms with Crippen LogP contribution in [0.1, 0.15) is 6.42 Å². The van der Waals surface area contributed by atoms with E-state index in [9.17, 15) is 24.9 Å². The SMILES string of the molecule is O=C(CCNC(=O)On1c(O)ccc1O)Oc1cc(O)[nH]c1O. The van der Waals surface area contributed by atoms with Gasteiger partial charge < -0.3 is 35.3 Å². The Bertz CT molecular complexity index is 700. The Morgan fingerprint density at radius 3 is 2.39 bits per heavy atom. The van der Waals surface area contributed by atoms with Crippen molar-refractivity contribution in [1.29, 1.82) is 0 Å². The lowest BCUT2D eigenvalue weighted by Gasteiger charge is -2.08. The number of ether oxygens (including phenoxy) is 1. The van der Waals surface area contributed by atoms with Gasteiger partial charge in [-0.15, -0.1) is 4.73 Å². The molecule has 11 heteroatoms. The van der Waals surface area contributed by atoms with Crippen LogP contribution >= 0.6 is 0 Å². The lowest BCUT2D eigenvalue weighted by molar-refractivity contribution is -0.134. The third kappa shape index (κ3) is 4.00. The third-order valence-corrected chi connectivity index (χ3v) is 2.54. The van der Waals surface area contributed by atoms with Crippen molar-refractivity contribution in [2.75, 3.05) is 6.54 Å². The molecular formula is C12H13N3O8. The van der Waals surface area contributed by atoms with Crippen LogP contribution in [-0.4, -0.2) is 48.7 Å². The van der Waals surface area contributed by atoms with Gasteiger partial charge in [0, 0.05) is 24.7 Å². The molecule has 0 aromatic carbocycles. The quantitative estimate of drug-likeness (QED) is 0.410. The van der Waals surface area contributed by atoms with E-state index >= 15 is 0 Å². The van der Waals surface area contributed by atoms with Crippen LogP contribution in [0.3, 0.4) is 0 Å². The molecule has 0 aliphatic heterocycles. The van der Waals surface area contributed by atoms with Gasteiger partial charge in [-0.25, -0.2) is 4.79 Å². The molecule has 2 heterocycles. The molecule has 0 atom stereocenters. The van der Waals surface area contributed by atoms with Crippen molar-refractivity contribution in [3.05, 3.63) is 18.2 Å². The number of carbonyl (C=O) groups excluding carboxylic acids is 2. The van der Waals surface area contributed by atoms with Crippen molar-refractivity contribution >= 4 is 12.1 Å². The maximum absolute atomic E-state index is 11.5. The fourth-order valence-corrected chi connectivity index (χ4v) is 1.54. The molecular weight excluding hydrogens is 314 g/mol. The zero-order valence-electron chi connectivity index (χ0n) is 11.5. The number of nitrogens with zero attached hydrogens (tertiary/aromatic N) is 1. The summed E-state index contributed by atoms with van der Waals surface area (Å²) in [5, 5.41) is 39.0. The lowest BCUT2D eigenvalue weighted by atomic mass is 10.4. The van der Waals surface area contributed by atoms with Crippen LogP contribution in [0.2, 0.25) is 0 Å². The zero-order chi connectivity index (χ0) is 17.0. The van der Waals surface area contributed by atoms with E-state index in [2.05, 4.69) is 15.1 Å². The molecule has 11 nitrogen and oxygen atoms in total. The predicted octanol–water partition coefficient (Wildman–Crippen LogP) is -0.228. The van der Waals surface area contributed by atoms with Gasteiger partial charge >= 0.3 is 12.1 Å². The van der Waals surface area contributed by atoms with Gasteiger partial charge in [0.2, 0.25) is 17.6 Å². The highest BCUT2D eigenvalue weighted by Gasteiger charge is 2.14. The number of aromatic hydroxyl groups is 4. The van der Waals surface area contributed by atoms with Crippen LogP contribution < -0.4 is 14.9 Å². The molecule has 0 spiro atoms. The standard InChI is InChI=1S/C12H13N3O8/c16-7-5-6(11(20)14-7)22-10(19)3-4-13-12(21)23-15-8(17)1-2-9(15)18/h1-2,5,14,16-18,20H,3-4H2,(H,13,21). The largest absolute Gasteiger partial charge is 0.494 e. The smallest absolute Gasteiger partial charge is 0.432 e. The molecule has 2 rings (SSSR count). The molecule has 6 N–H and O–H groups in total. The number of hydrogen-bond donors (Lipinski definition) is 6. The first-order valence-corrected chi connectivity index (χ1v) is 6.24. The summed E-state index contributed by atoms with van der Waals surface area (Å²) in [4.78, 5) is 29.6. The number of rotatable bonds is 5. The van der Waals surface area contributed by atoms with Crippen molar-refractivity contribution in [2.45, 2.75) is 6.42 Å². The molecule has 0 bridgehead atoms. The number of esters is 1. The van der Waals surface area contributed by atoms with E-state index in [1.54, 1.807) is 0 Å². The number of H-pyrrole nitrogens is 1. The van der Waals surface area contributed by atoms with E-state index in [4.69, 9.17) is 9.84 Å². The van der Waals surface area contributed by atoms with Crippen LogP contribution in [0.5, 0.6) is 29.3 Å². The second-order valence-electron chi connectivity index (χ2n) is 4.24. The number of carbonyl (C=O) groups is 2. The van der Waals surface area contributed by atoms with Gasteiger partial charge in [0.05, 0.1) is 6.42 Å². The van der Waals surface area contributed by atoms with Crippen LogP contribution in [0, 0.1) is 0 Å². The molecule has 0 saturated carbocycles. The van der Waals surface area contributed by atoms with Gasteiger partial charge in [-0.3, -0.25) is 9.78 Å². The summed E-state index contributed by atoms with van der Waals surface area (Å²) < 4.78 is 5.21. The van der Waals surface area contributed by atoms with E-state index < -0.39 is 29.7 Å². The molecule has 0 radical (unpaired) electrons. The number of nitrogens with one attached hydrogen (secondary N) is 2. The Labute approximate surface area is 128 Å². The van der Waals surface area contributed by atoms with E-state index in [-0.39, 0.29) is 24.6 Å². The normalized spacial score (nSPS) is 10.3. The van der Waals surface area contributed by atoms with Crippen molar-refractivity contribution in [3.8, 4) is 29.3 Å². The van der Waals surface area contributed by atoms with Crippen LogP contribution in [0.25, 0.3) is 0 Å². The highest BCUT2D eigenvalue weighted by Crippen LogP contribution is 2.29. The Morgan fingerprint density at radius 1 is 1.17 bits per heavy atom. The molecule has 1 amide bonds. The maximum atomic E-state index is 11.5. The molecule has 0 saturated heterocycles. The van der Waals surface area contributed by atoms with E-state index in [1.165, 1.54) is 0 Å². The fourth-order valence-electron chi connectivity index (χ4n) is 1.54. The van der Waals surface area contributed by atoms with Crippen molar-refractivity contribution in [1.82, 2.24) is 15.0 Å². The summed E-state index contributed by atoms with van der Waals surface area (Å²) in [7, 11) is 0. The second kappa shape index (κ2) is 6.51. The average molecular weight is 327 g/mol. The summed E-state index contributed by atoms with van der Waals surface area (Å²) in [6.07, 6.45) is -1.29. The summed E-state index contributed by atoms with van der Waals surface area (Å²) in [5.74, 6) is -2.90. The molecule has 0 aliphatic rings. The molecule has 0 fully saturated rings. The van der Waals surface area contributed by atoms with Crippen LogP contribution in [0.4, 0.5) is 4.79 Å². The Balaban J connectivity index is 1.75. The number of aromatic amines is 1. The molecule has 2 aromatic rings. The van der Waals surface area contributed by atoms with E-state index in [0.29, 0.717) is 4.73 Å². The van der Waals surface area contributed by atoms with Crippen molar-refractivity contribution in [3.63, 3.8) is 0 Å². The van der Waals surface area contributed by atoms with Crippen LogP contribution in [-0.2, 0) is 4.79 Å². The third-order valence-electron chi connectivity index (χ3n) is 2.54. The first-order valence-electron chi connectivity index (χ1n) is 6.24. The zero-order valence-corrected chi connectivity index (χ0v) is 11.5. The molecule has 0 unspecified atom stereocenters. The summed E-state index contributed by atoms with van der Waals surface area (Å²) >= 11 is 0. The highest BCUT2D eigenvalue weighted by atomic mass is 16.7.